The first kappa shape index (κ1) is 51.8. The van der Waals surface area contributed by atoms with Gasteiger partial charge in [-0.2, -0.15) is 8.42 Å². The predicted molar refractivity (Wildman–Crippen MR) is 292 cm³/mol. The summed E-state index contributed by atoms with van der Waals surface area (Å²) in [6.07, 6.45) is 1.23. The quantitative estimate of drug-likeness (QED) is 0.0356. The van der Waals surface area contributed by atoms with Gasteiger partial charge in [0.05, 0.1) is 10.5 Å². The molecule has 0 saturated heterocycles. The molecule has 2 unspecified atom stereocenters. The van der Waals surface area contributed by atoms with E-state index in [1.807, 2.05) is 121 Å². The van der Waals surface area contributed by atoms with Gasteiger partial charge in [0.2, 0.25) is 12.0 Å². The molecule has 14 heteroatoms. The number of unbranched alkanes of at least 4 members (excludes halogenated alkanes) is 3. The Morgan fingerprint density at radius 1 is 0.461 bits per heavy atom. The third-order valence-electron chi connectivity index (χ3n) is 12.7. The topological polar surface area (TPSA) is 178 Å². The highest BCUT2D eigenvalue weighted by Gasteiger charge is 2.35. The van der Waals surface area contributed by atoms with Gasteiger partial charge in [-0.25, -0.2) is 4.79 Å². The Kier molecular flexibility index (Phi) is 16.5. The summed E-state index contributed by atoms with van der Waals surface area (Å²) in [4.78, 5) is 58.4. The summed E-state index contributed by atoms with van der Waals surface area (Å²) in [5, 5.41) is 9.01. The number of carbonyl (C=O) groups is 4. The van der Waals surface area contributed by atoms with Crippen LogP contribution in [0.1, 0.15) is 69.7 Å². The lowest BCUT2D eigenvalue weighted by molar-refractivity contribution is -0.130. The zero-order valence-corrected chi connectivity index (χ0v) is 42.0. The number of hydrogen-bond acceptors (Lipinski definition) is 9. The normalized spacial score (nSPS) is 12.0. The van der Waals surface area contributed by atoms with Crippen LogP contribution in [0.5, 0.6) is 23.0 Å². The molecule has 0 fully saturated rings. The number of hydrogen-bond donors (Lipinski definition) is 3. The summed E-state index contributed by atoms with van der Waals surface area (Å²) in [6, 6.07) is 61.5. The van der Waals surface area contributed by atoms with Crippen LogP contribution in [0.3, 0.4) is 0 Å². The molecule has 0 aliphatic rings. The van der Waals surface area contributed by atoms with E-state index in [0.29, 0.717) is 81.7 Å². The summed E-state index contributed by atoms with van der Waals surface area (Å²) < 4.78 is 52.0. The number of esters is 1. The fourth-order valence-corrected chi connectivity index (χ4v) is 9.34. The van der Waals surface area contributed by atoms with E-state index >= 15 is 4.79 Å². The van der Waals surface area contributed by atoms with Gasteiger partial charge in [-0.1, -0.05) is 146 Å². The van der Waals surface area contributed by atoms with Crippen molar-refractivity contribution in [3.05, 3.63) is 241 Å². The number of nitrogens with zero attached hydrogens (tertiary/aromatic N) is 1. The molecule has 2 atom stereocenters. The molecule has 0 spiro atoms. The number of amides is 3. The van der Waals surface area contributed by atoms with Crippen molar-refractivity contribution in [3.63, 3.8) is 0 Å². The summed E-state index contributed by atoms with van der Waals surface area (Å²) in [7, 11) is -4.58. The van der Waals surface area contributed by atoms with E-state index < -0.39 is 46.0 Å². The van der Waals surface area contributed by atoms with Gasteiger partial charge in [0, 0.05) is 29.9 Å². The minimum absolute atomic E-state index is 0.205. The number of benzene rings is 9. The van der Waals surface area contributed by atoms with E-state index in [1.54, 1.807) is 72.8 Å². The molecule has 76 heavy (non-hydrogen) atoms. The summed E-state index contributed by atoms with van der Waals surface area (Å²) >= 11 is 0. The molecular weight excluding hydrogens is 979 g/mol. The highest BCUT2D eigenvalue weighted by molar-refractivity contribution is 7.85. The van der Waals surface area contributed by atoms with Gasteiger partial charge in [0.15, 0.2) is 0 Å². The second-order valence-electron chi connectivity index (χ2n) is 17.8. The number of carbonyl (C=O) groups excluding carboxylic acids is 4. The van der Waals surface area contributed by atoms with Crippen molar-refractivity contribution in [2.45, 2.75) is 42.7 Å². The van der Waals surface area contributed by atoms with Crippen molar-refractivity contribution in [1.29, 1.82) is 0 Å². The van der Waals surface area contributed by atoms with Crippen LogP contribution in [0.25, 0.3) is 21.5 Å². The maximum Gasteiger partial charge on any atom is 0.339 e. The zero-order chi connectivity index (χ0) is 52.9. The molecule has 13 nitrogen and oxygen atoms in total. The number of anilines is 1. The minimum atomic E-state index is -4.58. The molecule has 0 radical (unpaired) electrons. The number of nitrogens with one attached hydrogen (secondary N) is 2. The molecule has 382 valence electrons. The van der Waals surface area contributed by atoms with Gasteiger partial charge >= 0.3 is 5.97 Å². The molecule has 0 aliphatic heterocycles. The van der Waals surface area contributed by atoms with Gasteiger partial charge in [-0.3, -0.25) is 23.8 Å². The smallest absolute Gasteiger partial charge is 0.339 e. The van der Waals surface area contributed by atoms with Crippen LogP contribution < -0.4 is 25.0 Å². The molecule has 0 saturated carbocycles. The average Bonchev–Trinajstić information content (AvgIpc) is 3.45. The molecule has 9 rings (SSSR count). The van der Waals surface area contributed by atoms with Gasteiger partial charge < -0.3 is 24.8 Å². The molecule has 0 aliphatic carbocycles. The summed E-state index contributed by atoms with van der Waals surface area (Å²) in [6.45, 7) is 0.529. The molecule has 3 N–H and O–H groups in total. The van der Waals surface area contributed by atoms with E-state index in [4.69, 9.17) is 14.2 Å². The van der Waals surface area contributed by atoms with Crippen molar-refractivity contribution in [1.82, 2.24) is 10.6 Å². The third kappa shape index (κ3) is 12.8. The van der Waals surface area contributed by atoms with Gasteiger partial charge in [0.1, 0.15) is 29.0 Å². The van der Waals surface area contributed by atoms with E-state index in [0.717, 1.165) is 10.8 Å². The second-order valence-corrected chi connectivity index (χ2v) is 19.3. The van der Waals surface area contributed by atoms with E-state index in [1.165, 1.54) is 29.2 Å². The first-order chi connectivity index (χ1) is 37.0. The van der Waals surface area contributed by atoms with Crippen LogP contribution in [-0.2, 0) is 24.4 Å². The Labute approximate surface area is 440 Å². The number of fused-ring (bicyclic) bond motifs is 2. The largest absolute Gasteiger partial charge is 0.457 e. The zero-order valence-electron chi connectivity index (χ0n) is 41.2. The second kappa shape index (κ2) is 24.3. The lowest BCUT2D eigenvalue weighted by atomic mass is 9.99. The Hall–Kier alpha value is -9.11. The summed E-state index contributed by atoms with van der Waals surface area (Å²) in [5.74, 6) is 0.144. The van der Waals surface area contributed by atoms with Gasteiger partial charge in [-0.05, 0) is 125 Å². The Balaban J connectivity index is 0.880. The number of para-hydroxylation sites is 2. The van der Waals surface area contributed by atoms with Crippen molar-refractivity contribution in [2.24, 2.45) is 0 Å². The minimum Gasteiger partial charge on any atom is -0.457 e. The molecule has 9 aromatic rings. The van der Waals surface area contributed by atoms with E-state index in [2.05, 4.69) is 10.6 Å². The van der Waals surface area contributed by atoms with E-state index in [9.17, 15) is 27.4 Å². The molecule has 0 heterocycles. The Morgan fingerprint density at radius 3 is 1.45 bits per heavy atom. The predicted octanol–water partition coefficient (Wildman–Crippen LogP) is 12.6. The molecular formula is C62H53N3O10S. The highest BCUT2D eigenvalue weighted by Crippen LogP contribution is 2.35. The fourth-order valence-electron chi connectivity index (χ4n) is 8.86. The van der Waals surface area contributed by atoms with Crippen LogP contribution in [0, 0.1) is 0 Å². The SMILES string of the molecule is O=C(OC(C(=O)NCCCCCCNC(=O)C(c1ccc(Oc2ccccc2)cc1)N(C(=O)c1cccc2ccccc12)c1ccc(S(=O)(=O)O)cc1)c1ccc(Oc2ccccc2)cc1)c1cccc2ccccc12. The highest BCUT2D eigenvalue weighted by atomic mass is 32.2. The monoisotopic (exact) mass is 1030 g/mol. The van der Waals surface area contributed by atoms with Gasteiger partial charge in [-0.15, -0.1) is 0 Å². The first-order valence-corrected chi connectivity index (χ1v) is 26.2. The number of ether oxygens (including phenoxy) is 3. The fraction of sp³-hybridized carbons (Fsp3) is 0.129. The van der Waals surface area contributed by atoms with Crippen LogP contribution in [-0.4, -0.2) is 49.8 Å². The van der Waals surface area contributed by atoms with Crippen molar-refractivity contribution < 1.29 is 46.4 Å². The summed E-state index contributed by atoms with van der Waals surface area (Å²) in [5.41, 5.74) is 1.76. The van der Waals surface area contributed by atoms with Crippen LogP contribution in [0.2, 0.25) is 0 Å². The lowest BCUT2D eigenvalue weighted by Gasteiger charge is -2.32. The number of rotatable bonds is 21. The molecule has 9 aromatic carbocycles. The maximum atomic E-state index is 15.0. The standard InChI is InChI=1S/C62H53N3O10S/c66-59(63-41-13-1-2-14-42-64-60(67)58(46-31-37-51(38-32-46)74-49-23-7-4-8-24-49)75-62(69)56-28-16-20-44-18-10-12-26-54(44)56)57(45-29-35-50(36-30-45)73-48-21-5-3-6-22-48)65(47-33-39-52(40-34-47)76(70,71)72)61(68)55-27-15-19-43-17-9-11-25-53(43)55/h3-12,15-40,57-58H,1-2,13-14,41-42H2,(H,63,66)(H,64,67)(H,70,71,72). The first-order valence-electron chi connectivity index (χ1n) is 24.8. The van der Waals surface area contributed by atoms with Crippen LogP contribution >= 0.6 is 0 Å². The van der Waals surface area contributed by atoms with Crippen molar-refractivity contribution in [2.75, 3.05) is 18.0 Å². The maximum absolute atomic E-state index is 15.0. The van der Waals surface area contributed by atoms with Gasteiger partial charge in [0.25, 0.3) is 21.9 Å². The third-order valence-corrected chi connectivity index (χ3v) is 13.5. The van der Waals surface area contributed by atoms with Crippen molar-refractivity contribution in [3.8, 4) is 23.0 Å². The molecule has 0 bridgehead atoms. The molecule has 0 aromatic heterocycles. The average molecular weight is 1030 g/mol. The van der Waals surface area contributed by atoms with E-state index in [-0.39, 0.29) is 23.7 Å². The van der Waals surface area contributed by atoms with Crippen LogP contribution in [0.4, 0.5) is 5.69 Å². The lowest BCUT2D eigenvalue weighted by Crippen LogP contribution is -2.44. The van der Waals surface area contributed by atoms with Crippen molar-refractivity contribution >= 4 is 61.0 Å². The molecule has 3 amide bonds. The Bertz CT molecular complexity index is 3570. The van der Waals surface area contributed by atoms with Crippen LogP contribution in [0.15, 0.2) is 223 Å². The Morgan fingerprint density at radius 2 is 0.908 bits per heavy atom.